The molecule has 6 nitrogen and oxygen atoms in total. The molecule has 6 heteroatoms. The SMILES string of the molecule is CC(C)OCc1c(C(=O)N(C)C2CCCN(c3ccccc3)C2=O)oc2ccccc12. The topological polar surface area (TPSA) is 63.0 Å². The van der Waals surface area contributed by atoms with E-state index in [1.54, 1.807) is 11.9 Å². The van der Waals surface area contributed by atoms with Crippen LogP contribution >= 0.6 is 0 Å². The lowest BCUT2D eigenvalue weighted by Gasteiger charge is -2.36. The third-order valence-electron chi connectivity index (χ3n) is 5.72. The van der Waals surface area contributed by atoms with E-state index in [0.717, 1.165) is 23.1 Å². The maximum absolute atomic E-state index is 13.5. The number of anilines is 1. The highest BCUT2D eigenvalue weighted by Gasteiger charge is 2.36. The van der Waals surface area contributed by atoms with E-state index in [1.165, 1.54) is 4.90 Å². The number of fused-ring (bicyclic) bond motifs is 1. The number of benzene rings is 2. The van der Waals surface area contributed by atoms with Crippen molar-refractivity contribution in [1.82, 2.24) is 4.90 Å². The minimum atomic E-state index is -0.534. The monoisotopic (exact) mass is 420 g/mol. The van der Waals surface area contributed by atoms with Gasteiger partial charge in [0.2, 0.25) is 5.91 Å². The number of para-hydroxylation sites is 2. The Kier molecular flexibility index (Phi) is 6.09. The van der Waals surface area contributed by atoms with Gasteiger partial charge in [0, 0.05) is 30.2 Å². The number of carbonyl (C=O) groups is 2. The molecule has 1 unspecified atom stereocenters. The van der Waals surface area contributed by atoms with Crippen molar-refractivity contribution < 1.29 is 18.7 Å². The summed E-state index contributed by atoms with van der Waals surface area (Å²) in [6, 6.07) is 16.6. The third kappa shape index (κ3) is 4.21. The zero-order valence-electron chi connectivity index (χ0n) is 18.2. The fraction of sp³-hybridized carbons (Fsp3) is 0.360. The number of likely N-dealkylation sites (N-methyl/N-ethyl adjacent to an activating group) is 1. The molecule has 1 atom stereocenters. The Bertz CT molecular complexity index is 1070. The number of nitrogens with zero attached hydrogens (tertiary/aromatic N) is 2. The molecule has 162 valence electrons. The number of carbonyl (C=O) groups excluding carboxylic acids is 2. The molecule has 2 aromatic carbocycles. The molecule has 4 rings (SSSR count). The molecule has 1 fully saturated rings. The highest BCUT2D eigenvalue weighted by atomic mass is 16.5. The van der Waals surface area contributed by atoms with Crippen molar-refractivity contribution >= 4 is 28.5 Å². The van der Waals surface area contributed by atoms with E-state index >= 15 is 0 Å². The molecular weight excluding hydrogens is 392 g/mol. The zero-order valence-corrected chi connectivity index (χ0v) is 18.2. The summed E-state index contributed by atoms with van der Waals surface area (Å²) >= 11 is 0. The number of piperidine rings is 1. The first-order valence-electron chi connectivity index (χ1n) is 10.7. The third-order valence-corrected chi connectivity index (χ3v) is 5.72. The molecule has 2 heterocycles. The van der Waals surface area contributed by atoms with Crippen LogP contribution in [-0.4, -0.2) is 42.5 Å². The summed E-state index contributed by atoms with van der Waals surface area (Å²) in [5, 5.41) is 0.862. The van der Waals surface area contributed by atoms with Crippen LogP contribution in [0.4, 0.5) is 5.69 Å². The first-order chi connectivity index (χ1) is 15.0. The molecule has 3 aromatic rings. The van der Waals surface area contributed by atoms with Crippen molar-refractivity contribution in [2.24, 2.45) is 0 Å². The van der Waals surface area contributed by atoms with Gasteiger partial charge in [-0.25, -0.2) is 0 Å². The number of furan rings is 1. The zero-order chi connectivity index (χ0) is 22.0. The summed E-state index contributed by atoms with van der Waals surface area (Å²) in [6.45, 7) is 4.83. The molecular formula is C25H28N2O4. The summed E-state index contributed by atoms with van der Waals surface area (Å²) in [5.41, 5.74) is 2.22. The Hall–Kier alpha value is -3.12. The van der Waals surface area contributed by atoms with E-state index < -0.39 is 6.04 Å². The number of hydrogen-bond donors (Lipinski definition) is 0. The molecule has 0 spiro atoms. The summed E-state index contributed by atoms with van der Waals surface area (Å²) in [5.74, 6) is -0.120. The Morgan fingerprint density at radius 2 is 1.87 bits per heavy atom. The average molecular weight is 421 g/mol. The Morgan fingerprint density at radius 3 is 2.61 bits per heavy atom. The van der Waals surface area contributed by atoms with Gasteiger partial charge >= 0.3 is 0 Å². The van der Waals surface area contributed by atoms with Gasteiger partial charge < -0.3 is 19.0 Å². The van der Waals surface area contributed by atoms with Gasteiger partial charge in [0.1, 0.15) is 11.6 Å². The lowest BCUT2D eigenvalue weighted by atomic mass is 10.0. The van der Waals surface area contributed by atoms with Crippen LogP contribution in [0.25, 0.3) is 11.0 Å². The molecule has 1 aliphatic heterocycles. The van der Waals surface area contributed by atoms with Crippen LogP contribution in [-0.2, 0) is 16.1 Å². The molecule has 2 amide bonds. The predicted molar refractivity (Wildman–Crippen MR) is 120 cm³/mol. The van der Waals surface area contributed by atoms with E-state index in [0.29, 0.717) is 18.5 Å². The summed E-state index contributed by atoms with van der Waals surface area (Å²) in [4.78, 5) is 30.0. The first-order valence-corrected chi connectivity index (χ1v) is 10.7. The number of amides is 2. The van der Waals surface area contributed by atoms with Crippen molar-refractivity contribution in [2.45, 2.75) is 45.4 Å². The van der Waals surface area contributed by atoms with Crippen LogP contribution in [0.15, 0.2) is 59.0 Å². The van der Waals surface area contributed by atoms with Crippen LogP contribution in [0.2, 0.25) is 0 Å². The molecule has 0 N–H and O–H groups in total. The second-order valence-corrected chi connectivity index (χ2v) is 8.17. The fourth-order valence-corrected chi connectivity index (χ4v) is 4.05. The molecule has 1 saturated heterocycles. The van der Waals surface area contributed by atoms with Crippen LogP contribution < -0.4 is 4.90 Å². The van der Waals surface area contributed by atoms with Crippen LogP contribution in [0.1, 0.15) is 42.8 Å². The first kappa shape index (κ1) is 21.1. The van der Waals surface area contributed by atoms with E-state index in [-0.39, 0.29) is 30.3 Å². The fourth-order valence-electron chi connectivity index (χ4n) is 4.05. The standard InChI is InChI=1S/C25H28N2O4/c1-17(2)30-16-20-19-12-7-8-14-22(19)31-23(20)25(29)26(3)21-13-9-15-27(24(21)28)18-10-5-4-6-11-18/h4-8,10-12,14,17,21H,9,13,15-16H2,1-3H3. The Morgan fingerprint density at radius 1 is 1.16 bits per heavy atom. The van der Waals surface area contributed by atoms with Crippen molar-refractivity contribution in [1.29, 1.82) is 0 Å². The summed E-state index contributed by atoms with van der Waals surface area (Å²) < 4.78 is 11.8. The highest BCUT2D eigenvalue weighted by molar-refractivity contribution is 6.04. The molecule has 0 bridgehead atoms. The molecule has 31 heavy (non-hydrogen) atoms. The normalized spacial score (nSPS) is 16.8. The van der Waals surface area contributed by atoms with Crippen molar-refractivity contribution in [3.8, 4) is 0 Å². The summed E-state index contributed by atoms with van der Waals surface area (Å²) in [7, 11) is 1.68. The molecule has 1 aromatic heterocycles. The minimum absolute atomic E-state index is 0.0219. The van der Waals surface area contributed by atoms with E-state index in [9.17, 15) is 9.59 Å². The van der Waals surface area contributed by atoms with Gasteiger partial charge in [-0.1, -0.05) is 36.4 Å². The molecule has 0 radical (unpaired) electrons. The van der Waals surface area contributed by atoms with Gasteiger partial charge in [-0.15, -0.1) is 0 Å². The van der Waals surface area contributed by atoms with Gasteiger partial charge in [-0.05, 0) is 44.9 Å². The van der Waals surface area contributed by atoms with Crippen molar-refractivity contribution in [3.63, 3.8) is 0 Å². The maximum atomic E-state index is 13.5. The van der Waals surface area contributed by atoms with Gasteiger partial charge in [-0.2, -0.15) is 0 Å². The van der Waals surface area contributed by atoms with E-state index in [4.69, 9.17) is 9.15 Å². The summed E-state index contributed by atoms with van der Waals surface area (Å²) in [6.07, 6.45) is 1.48. The average Bonchev–Trinajstić information content (AvgIpc) is 3.16. The van der Waals surface area contributed by atoms with E-state index in [1.807, 2.05) is 68.4 Å². The smallest absolute Gasteiger partial charge is 0.290 e. The lowest BCUT2D eigenvalue weighted by molar-refractivity contribution is -0.124. The lowest BCUT2D eigenvalue weighted by Crippen LogP contribution is -2.53. The minimum Gasteiger partial charge on any atom is -0.451 e. The van der Waals surface area contributed by atoms with Crippen molar-refractivity contribution in [2.75, 3.05) is 18.5 Å². The predicted octanol–water partition coefficient (Wildman–Crippen LogP) is 4.63. The van der Waals surface area contributed by atoms with Gasteiger partial charge in [0.15, 0.2) is 5.76 Å². The van der Waals surface area contributed by atoms with Gasteiger partial charge in [0.05, 0.1) is 12.7 Å². The Labute approximate surface area is 182 Å². The van der Waals surface area contributed by atoms with Crippen molar-refractivity contribution in [3.05, 3.63) is 65.9 Å². The quantitative estimate of drug-likeness (QED) is 0.584. The van der Waals surface area contributed by atoms with Gasteiger partial charge in [0.25, 0.3) is 5.91 Å². The largest absolute Gasteiger partial charge is 0.451 e. The second-order valence-electron chi connectivity index (χ2n) is 8.17. The van der Waals surface area contributed by atoms with Gasteiger partial charge in [-0.3, -0.25) is 9.59 Å². The number of rotatable bonds is 6. The molecule has 1 aliphatic rings. The van der Waals surface area contributed by atoms with Crippen LogP contribution in [0.3, 0.4) is 0 Å². The molecule has 0 aliphatic carbocycles. The molecule has 0 saturated carbocycles. The second kappa shape index (κ2) is 8.94. The van der Waals surface area contributed by atoms with Crippen LogP contribution in [0, 0.1) is 0 Å². The number of ether oxygens (including phenoxy) is 1. The number of hydrogen-bond acceptors (Lipinski definition) is 4. The maximum Gasteiger partial charge on any atom is 0.290 e. The Balaban J connectivity index is 1.62. The van der Waals surface area contributed by atoms with E-state index in [2.05, 4.69) is 0 Å². The van der Waals surface area contributed by atoms with Crippen LogP contribution in [0.5, 0.6) is 0 Å². The highest BCUT2D eigenvalue weighted by Crippen LogP contribution is 2.30.